The Labute approximate surface area is 203 Å². The molecule has 8 nitrogen and oxygen atoms in total. The number of hydrogen-bond acceptors (Lipinski definition) is 6. The van der Waals surface area contributed by atoms with Gasteiger partial charge in [-0.2, -0.15) is 4.31 Å². The highest BCUT2D eigenvalue weighted by Gasteiger charge is 2.26. The first-order valence-electron chi connectivity index (χ1n) is 11.6. The number of H-pyrrole nitrogens is 1. The lowest BCUT2D eigenvalue weighted by atomic mass is 10.1. The van der Waals surface area contributed by atoms with Gasteiger partial charge in [0, 0.05) is 25.2 Å². The minimum atomic E-state index is -3.49. The number of nitrogens with zero attached hydrogens (tertiary/aromatic N) is 5. The van der Waals surface area contributed by atoms with Gasteiger partial charge in [0.1, 0.15) is 5.82 Å². The lowest BCUT2D eigenvalue weighted by Gasteiger charge is -2.25. The molecule has 34 heavy (non-hydrogen) atoms. The van der Waals surface area contributed by atoms with Gasteiger partial charge in [0.25, 0.3) is 0 Å². The van der Waals surface area contributed by atoms with Crippen molar-refractivity contribution in [2.75, 3.05) is 13.1 Å². The van der Waals surface area contributed by atoms with Crippen molar-refractivity contribution in [3.8, 4) is 11.4 Å². The van der Waals surface area contributed by atoms with Gasteiger partial charge in [0.2, 0.25) is 15.2 Å². The number of aryl methyl sites for hydroxylation is 2. The maximum absolute atomic E-state index is 13.1. The second-order valence-corrected chi connectivity index (χ2v) is 11.4. The van der Waals surface area contributed by atoms with Crippen LogP contribution >= 0.6 is 11.8 Å². The molecule has 2 aromatic carbocycles. The molecule has 178 valence electrons. The second-order valence-electron chi connectivity index (χ2n) is 8.51. The van der Waals surface area contributed by atoms with E-state index in [-0.39, 0.29) is 0 Å². The summed E-state index contributed by atoms with van der Waals surface area (Å²) in [4.78, 5) is 9.71. The van der Waals surface area contributed by atoms with E-state index in [9.17, 15) is 8.42 Å². The average Bonchev–Trinajstić information content (AvgIpc) is 3.47. The zero-order chi connectivity index (χ0) is 23.7. The Balaban J connectivity index is 1.37. The number of imidazole rings is 1. The number of hydrogen-bond donors (Lipinski definition) is 1. The Morgan fingerprint density at radius 3 is 2.53 bits per heavy atom. The van der Waals surface area contributed by atoms with Crippen molar-refractivity contribution >= 4 is 32.8 Å². The van der Waals surface area contributed by atoms with Crippen LogP contribution in [0.3, 0.4) is 0 Å². The van der Waals surface area contributed by atoms with Crippen LogP contribution in [-0.4, -0.2) is 50.5 Å². The Bertz CT molecular complexity index is 1400. The van der Waals surface area contributed by atoms with Crippen molar-refractivity contribution in [2.24, 2.45) is 0 Å². The van der Waals surface area contributed by atoms with E-state index in [2.05, 4.69) is 33.6 Å². The SMILES string of the molecule is CCn1c(CSc2n[nH]c(-c3ccc(C)cc3)n2)nc2cc(S(=O)(=O)N3CCCCC3)ccc21. The van der Waals surface area contributed by atoms with E-state index in [4.69, 9.17) is 4.98 Å². The summed E-state index contributed by atoms with van der Waals surface area (Å²) in [7, 11) is -3.49. The smallest absolute Gasteiger partial charge is 0.243 e. The molecule has 1 aliphatic heterocycles. The maximum atomic E-state index is 13.1. The summed E-state index contributed by atoms with van der Waals surface area (Å²) >= 11 is 1.51. The summed E-state index contributed by atoms with van der Waals surface area (Å²) in [6, 6.07) is 13.4. The molecule has 0 amide bonds. The summed E-state index contributed by atoms with van der Waals surface area (Å²) in [6.07, 6.45) is 2.92. The molecule has 2 aromatic heterocycles. The molecule has 0 atom stereocenters. The van der Waals surface area contributed by atoms with Crippen molar-refractivity contribution in [3.05, 3.63) is 53.9 Å². The Morgan fingerprint density at radius 2 is 1.79 bits per heavy atom. The Kier molecular flexibility index (Phi) is 6.46. The number of benzene rings is 2. The molecular weight excluding hydrogens is 468 g/mol. The summed E-state index contributed by atoms with van der Waals surface area (Å²) in [5.74, 6) is 2.19. The minimum Gasteiger partial charge on any atom is -0.328 e. The largest absolute Gasteiger partial charge is 0.328 e. The van der Waals surface area contributed by atoms with Gasteiger partial charge in [0.15, 0.2) is 5.82 Å². The van der Waals surface area contributed by atoms with Crippen LogP contribution in [0, 0.1) is 6.92 Å². The molecule has 0 aliphatic carbocycles. The fourth-order valence-electron chi connectivity index (χ4n) is 4.32. The number of rotatable bonds is 7. The average molecular weight is 497 g/mol. The normalized spacial score (nSPS) is 15.2. The quantitative estimate of drug-likeness (QED) is 0.375. The monoisotopic (exact) mass is 496 g/mol. The Hall–Kier alpha value is -2.69. The molecule has 0 saturated carbocycles. The highest BCUT2D eigenvalue weighted by Crippen LogP contribution is 2.28. The van der Waals surface area contributed by atoms with Crippen molar-refractivity contribution < 1.29 is 8.42 Å². The van der Waals surface area contributed by atoms with E-state index in [0.29, 0.717) is 34.4 Å². The number of aromatic amines is 1. The molecular formula is C24H28N6O2S2. The van der Waals surface area contributed by atoms with E-state index in [0.717, 1.165) is 48.5 Å². The van der Waals surface area contributed by atoms with Crippen LogP contribution in [0.25, 0.3) is 22.4 Å². The van der Waals surface area contributed by atoms with Gasteiger partial charge in [-0.3, -0.25) is 5.10 Å². The van der Waals surface area contributed by atoms with E-state index >= 15 is 0 Å². The minimum absolute atomic E-state index is 0.318. The summed E-state index contributed by atoms with van der Waals surface area (Å²) in [6.45, 7) is 6.04. The van der Waals surface area contributed by atoms with E-state index in [1.807, 2.05) is 30.3 Å². The topological polar surface area (TPSA) is 96.8 Å². The predicted octanol–water partition coefficient (Wildman–Crippen LogP) is 4.62. The maximum Gasteiger partial charge on any atom is 0.243 e. The fourth-order valence-corrected chi connectivity index (χ4v) is 6.60. The third-order valence-corrected chi connectivity index (χ3v) is 8.93. The molecule has 5 rings (SSSR count). The number of piperidine rings is 1. The molecule has 1 aliphatic rings. The number of thioether (sulfide) groups is 1. The van der Waals surface area contributed by atoms with Crippen molar-refractivity contribution in [3.63, 3.8) is 0 Å². The van der Waals surface area contributed by atoms with Gasteiger partial charge in [-0.15, -0.1) is 5.10 Å². The first-order chi connectivity index (χ1) is 16.5. The van der Waals surface area contributed by atoms with Gasteiger partial charge in [0.05, 0.1) is 21.7 Å². The van der Waals surface area contributed by atoms with Crippen LogP contribution in [0.4, 0.5) is 0 Å². The van der Waals surface area contributed by atoms with Gasteiger partial charge in [-0.05, 0) is 44.9 Å². The van der Waals surface area contributed by atoms with E-state index in [1.165, 1.54) is 17.3 Å². The van der Waals surface area contributed by atoms with Crippen molar-refractivity contribution in [2.45, 2.75) is 55.5 Å². The van der Waals surface area contributed by atoms with Gasteiger partial charge in [-0.25, -0.2) is 18.4 Å². The zero-order valence-corrected chi connectivity index (χ0v) is 21.0. The lowest BCUT2D eigenvalue weighted by Crippen LogP contribution is -2.35. The number of aromatic nitrogens is 5. The van der Waals surface area contributed by atoms with Crippen LogP contribution in [-0.2, 0) is 22.3 Å². The van der Waals surface area contributed by atoms with E-state index in [1.54, 1.807) is 16.4 Å². The molecule has 0 bridgehead atoms. The highest BCUT2D eigenvalue weighted by atomic mass is 32.2. The predicted molar refractivity (Wildman–Crippen MR) is 134 cm³/mol. The Morgan fingerprint density at radius 1 is 1.03 bits per heavy atom. The summed E-state index contributed by atoms with van der Waals surface area (Å²) in [5, 5.41) is 8.00. The molecule has 4 aromatic rings. The van der Waals surface area contributed by atoms with Gasteiger partial charge < -0.3 is 4.57 Å². The summed E-state index contributed by atoms with van der Waals surface area (Å²) < 4.78 is 29.9. The van der Waals surface area contributed by atoms with Crippen molar-refractivity contribution in [1.82, 2.24) is 29.0 Å². The third-order valence-electron chi connectivity index (χ3n) is 6.19. The molecule has 0 spiro atoms. The zero-order valence-electron chi connectivity index (χ0n) is 19.4. The first-order valence-corrected chi connectivity index (χ1v) is 14.0. The van der Waals surface area contributed by atoms with Crippen LogP contribution in [0.5, 0.6) is 0 Å². The molecule has 0 unspecified atom stereocenters. The second kappa shape index (κ2) is 9.52. The standard InChI is InChI=1S/C24H28N6O2S2/c1-3-30-21-12-11-19(34(31,32)29-13-5-4-6-14-29)15-20(21)25-22(30)16-33-24-26-23(27-28-24)18-9-7-17(2)8-10-18/h7-12,15H,3-6,13-14,16H2,1-2H3,(H,26,27,28). The van der Waals surface area contributed by atoms with Crippen molar-refractivity contribution in [1.29, 1.82) is 0 Å². The summed E-state index contributed by atoms with van der Waals surface area (Å²) in [5.41, 5.74) is 3.83. The van der Waals surface area contributed by atoms with Gasteiger partial charge in [-0.1, -0.05) is 48.0 Å². The number of nitrogens with one attached hydrogen (secondary N) is 1. The molecule has 3 heterocycles. The molecule has 1 N–H and O–H groups in total. The molecule has 1 fully saturated rings. The van der Waals surface area contributed by atoms with Crippen LogP contribution < -0.4 is 0 Å². The van der Waals surface area contributed by atoms with E-state index < -0.39 is 10.0 Å². The number of sulfonamides is 1. The first kappa shape index (κ1) is 23.1. The van der Waals surface area contributed by atoms with Crippen LogP contribution in [0.1, 0.15) is 37.6 Å². The number of fused-ring (bicyclic) bond motifs is 1. The highest BCUT2D eigenvalue weighted by molar-refractivity contribution is 7.98. The van der Waals surface area contributed by atoms with Crippen LogP contribution in [0.15, 0.2) is 52.5 Å². The fraction of sp³-hybridized carbons (Fsp3) is 0.375. The van der Waals surface area contributed by atoms with Crippen LogP contribution in [0.2, 0.25) is 0 Å². The lowest BCUT2D eigenvalue weighted by molar-refractivity contribution is 0.346. The molecule has 0 radical (unpaired) electrons. The molecule has 1 saturated heterocycles. The third kappa shape index (κ3) is 4.49. The molecule has 10 heteroatoms. The van der Waals surface area contributed by atoms with Gasteiger partial charge >= 0.3 is 0 Å².